The highest BCUT2D eigenvalue weighted by Gasteiger charge is 2.15. The van der Waals surface area contributed by atoms with Gasteiger partial charge in [0.25, 0.3) is 0 Å². The van der Waals surface area contributed by atoms with E-state index in [4.69, 9.17) is 20.5 Å². The van der Waals surface area contributed by atoms with Gasteiger partial charge in [0, 0.05) is 20.2 Å². The van der Waals surface area contributed by atoms with Crippen LogP contribution in [0.2, 0.25) is 0 Å². The van der Waals surface area contributed by atoms with Gasteiger partial charge in [-0.3, -0.25) is 0 Å². The molecule has 0 aliphatic carbocycles. The number of methoxy groups -OCH3 is 1. The average Bonchev–Trinajstić information content (AvgIpc) is 2.42. The van der Waals surface area contributed by atoms with E-state index in [9.17, 15) is 0 Å². The van der Waals surface area contributed by atoms with Crippen LogP contribution in [0.4, 0.5) is 11.5 Å². The van der Waals surface area contributed by atoms with Crippen LogP contribution < -0.4 is 15.4 Å². The molecule has 0 saturated carbocycles. The van der Waals surface area contributed by atoms with E-state index in [1.165, 1.54) is 6.33 Å². The highest BCUT2D eigenvalue weighted by atomic mass is 16.5. The SMILES string of the molecule is CCOc1ncnc(N(CCC#N)CCOC)c1N. The predicted octanol–water partition coefficient (Wildman–Crippen LogP) is 0.824. The van der Waals surface area contributed by atoms with E-state index >= 15 is 0 Å². The van der Waals surface area contributed by atoms with Crippen LogP contribution in [0.1, 0.15) is 13.3 Å². The number of nitriles is 1. The summed E-state index contributed by atoms with van der Waals surface area (Å²) in [5.74, 6) is 0.942. The van der Waals surface area contributed by atoms with E-state index in [1.807, 2.05) is 11.8 Å². The molecular weight excluding hydrogens is 246 g/mol. The van der Waals surface area contributed by atoms with Gasteiger partial charge >= 0.3 is 0 Å². The first-order valence-corrected chi connectivity index (χ1v) is 6.08. The number of nitrogens with two attached hydrogens (primary N) is 1. The Labute approximate surface area is 113 Å². The number of anilines is 2. The lowest BCUT2D eigenvalue weighted by molar-refractivity contribution is 0.205. The van der Waals surface area contributed by atoms with Crippen molar-refractivity contribution in [3.8, 4) is 11.9 Å². The van der Waals surface area contributed by atoms with Crippen LogP contribution in [0.5, 0.6) is 5.88 Å². The van der Waals surface area contributed by atoms with Gasteiger partial charge < -0.3 is 20.1 Å². The Balaban J connectivity index is 2.93. The zero-order valence-electron chi connectivity index (χ0n) is 11.3. The van der Waals surface area contributed by atoms with E-state index in [0.717, 1.165) is 0 Å². The number of ether oxygens (including phenoxy) is 2. The first-order chi connectivity index (χ1) is 9.24. The van der Waals surface area contributed by atoms with Crippen molar-refractivity contribution < 1.29 is 9.47 Å². The summed E-state index contributed by atoms with van der Waals surface area (Å²) in [6.45, 7) is 4.01. The fourth-order valence-corrected chi connectivity index (χ4v) is 1.58. The van der Waals surface area contributed by atoms with Gasteiger partial charge in [0.05, 0.1) is 25.7 Å². The summed E-state index contributed by atoms with van der Waals surface area (Å²) in [5, 5.41) is 8.70. The standard InChI is InChI=1S/C12H19N5O2/c1-3-19-12-10(14)11(15-9-16-12)17(6-4-5-13)7-8-18-2/h9H,3-4,6-8,14H2,1-2H3. The van der Waals surface area contributed by atoms with Gasteiger partial charge in [-0.05, 0) is 6.92 Å². The summed E-state index contributed by atoms with van der Waals surface area (Å²) in [6.07, 6.45) is 1.79. The molecule has 1 aromatic rings. The number of hydrogen-bond acceptors (Lipinski definition) is 7. The first kappa shape index (κ1) is 15.0. The average molecular weight is 265 g/mol. The summed E-state index contributed by atoms with van der Waals surface area (Å²) in [6, 6.07) is 2.11. The number of aromatic nitrogens is 2. The summed E-state index contributed by atoms with van der Waals surface area (Å²) in [5.41, 5.74) is 6.39. The van der Waals surface area contributed by atoms with Gasteiger partial charge in [0.2, 0.25) is 5.88 Å². The van der Waals surface area contributed by atoms with Gasteiger partial charge in [-0.25, -0.2) is 4.98 Å². The van der Waals surface area contributed by atoms with E-state index < -0.39 is 0 Å². The molecule has 19 heavy (non-hydrogen) atoms. The van der Waals surface area contributed by atoms with Crippen LogP contribution in [0, 0.1) is 11.3 Å². The second-order valence-corrected chi connectivity index (χ2v) is 3.74. The molecular formula is C12H19N5O2. The smallest absolute Gasteiger partial charge is 0.242 e. The molecule has 0 aromatic carbocycles. The van der Waals surface area contributed by atoms with Gasteiger partial charge in [-0.2, -0.15) is 10.2 Å². The number of rotatable bonds is 8. The van der Waals surface area contributed by atoms with Crippen LogP contribution in [0.15, 0.2) is 6.33 Å². The maximum absolute atomic E-state index is 8.70. The van der Waals surface area contributed by atoms with Gasteiger partial charge in [0.1, 0.15) is 12.0 Å². The third-order valence-corrected chi connectivity index (χ3v) is 2.47. The predicted molar refractivity (Wildman–Crippen MR) is 71.9 cm³/mol. The molecule has 0 saturated heterocycles. The second-order valence-electron chi connectivity index (χ2n) is 3.74. The molecule has 0 unspecified atom stereocenters. The van der Waals surface area contributed by atoms with E-state index in [1.54, 1.807) is 7.11 Å². The van der Waals surface area contributed by atoms with Crippen LogP contribution in [0.25, 0.3) is 0 Å². The largest absolute Gasteiger partial charge is 0.476 e. The fraction of sp³-hybridized carbons (Fsp3) is 0.583. The molecule has 1 heterocycles. The van der Waals surface area contributed by atoms with E-state index in [0.29, 0.717) is 50.1 Å². The third kappa shape index (κ3) is 4.26. The van der Waals surface area contributed by atoms with Gasteiger partial charge in [-0.1, -0.05) is 0 Å². The summed E-state index contributed by atoms with van der Waals surface area (Å²) >= 11 is 0. The topological polar surface area (TPSA) is 97.3 Å². The molecule has 0 radical (unpaired) electrons. The van der Waals surface area contributed by atoms with Gasteiger partial charge in [-0.15, -0.1) is 0 Å². The molecule has 0 atom stereocenters. The van der Waals surface area contributed by atoms with Crippen molar-refractivity contribution >= 4 is 11.5 Å². The summed E-state index contributed by atoms with van der Waals surface area (Å²) in [4.78, 5) is 10.1. The highest BCUT2D eigenvalue weighted by molar-refractivity contribution is 5.67. The number of nitrogens with zero attached hydrogens (tertiary/aromatic N) is 4. The maximum atomic E-state index is 8.70. The van der Waals surface area contributed by atoms with Crippen LogP contribution in [-0.2, 0) is 4.74 Å². The highest BCUT2D eigenvalue weighted by Crippen LogP contribution is 2.27. The molecule has 0 amide bonds. The lowest BCUT2D eigenvalue weighted by Gasteiger charge is -2.23. The third-order valence-electron chi connectivity index (χ3n) is 2.47. The first-order valence-electron chi connectivity index (χ1n) is 6.08. The molecule has 7 heteroatoms. The molecule has 104 valence electrons. The molecule has 0 bridgehead atoms. The lowest BCUT2D eigenvalue weighted by Crippen LogP contribution is -2.30. The molecule has 0 aliphatic heterocycles. The van der Waals surface area contributed by atoms with Crippen molar-refractivity contribution in [2.75, 3.05) is 44.0 Å². The molecule has 7 nitrogen and oxygen atoms in total. The second kappa shape index (κ2) is 8.11. The summed E-state index contributed by atoms with van der Waals surface area (Å²) in [7, 11) is 1.62. The Hall–Kier alpha value is -2.07. The Morgan fingerprint density at radius 2 is 2.21 bits per heavy atom. The quantitative estimate of drug-likeness (QED) is 0.743. The van der Waals surface area contributed by atoms with Crippen molar-refractivity contribution in [1.29, 1.82) is 5.26 Å². The van der Waals surface area contributed by atoms with Crippen molar-refractivity contribution in [2.45, 2.75) is 13.3 Å². The Kier molecular flexibility index (Phi) is 6.39. The minimum atomic E-state index is 0.367. The Morgan fingerprint density at radius 3 is 2.84 bits per heavy atom. The van der Waals surface area contributed by atoms with Crippen molar-refractivity contribution in [3.05, 3.63) is 6.33 Å². The molecule has 2 N–H and O–H groups in total. The van der Waals surface area contributed by atoms with Crippen molar-refractivity contribution in [2.24, 2.45) is 0 Å². The van der Waals surface area contributed by atoms with Gasteiger partial charge in [0.15, 0.2) is 5.82 Å². The molecule has 1 aromatic heterocycles. The molecule has 0 aliphatic rings. The fourth-order valence-electron chi connectivity index (χ4n) is 1.58. The lowest BCUT2D eigenvalue weighted by atomic mass is 10.3. The number of hydrogen-bond donors (Lipinski definition) is 1. The zero-order valence-corrected chi connectivity index (χ0v) is 11.3. The minimum absolute atomic E-state index is 0.367. The van der Waals surface area contributed by atoms with Crippen molar-refractivity contribution in [3.63, 3.8) is 0 Å². The minimum Gasteiger partial charge on any atom is -0.476 e. The monoisotopic (exact) mass is 265 g/mol. The normalized spacial score (nSPS) is 9.95. The van der Waals surface area contributed by atoms with Crippen molar-refractivity contribution in [1.82, 2.24) is 9.97 Å². The van der Waals surface area contributed by atoms with E-state index in [-0.39, 0.29) is 0 Å². The van der Waals surface area contributed by atoms with Crippen LogP contribution in [-0.4, -0.2) is 43.4 Å². The zero-order chi connectivity index (χ0) is 14.1. The molecule has 0 fully saturated rings. The summed E-state index contributed by atoms with van der Waals surface area (Å²) < 4.78 is 10.4. The van der Waals surface area contributed by atoms with E-state index in [2.05, 4.69) is 16.0 Å². The maximum Gasteiger partial charge on any atom is 0.242 e. The Bertz CT molecular complexity index is 433. The molecule has 0 spiro atoms. The van der Waals surface area contributed by atoms with Crippen LogP contribution >= 0.6 is 0 Å². The molecule has 1 rings (SSSR count). The Morgan fingerprint density at radius 1 is 1.42 bits per heavy atom. The van der Waals surface area contributed by atoms with Crippen LogP contribution in [0.3, 0.4) is 0 Å². The number of nitrogen functional groups attached to an aromatic ring is 1.